The summed E-state index contributed by atoms with van der Waals surface area (Å²) in [5.41, 5.74) is 0.986. The van der Waals surface area contributed by atoms with Crippen LogP contribution in [0.1, 0.15) is 31.4 Å². The number of likely N-dealkylation sites (tertiary alicyclic amines) is 1. The third kappa shape index (κ3) is 2.82. The molecular formula is C18H19NO3. The van der Waals surface area contributed by atoms with Crippen molar-refractivity contribution in [1.29, 1.82) is 0 Å². The number of amides is 1. The molecular weight excluding hydrogens is 278 g/mol. The molecule has 2 aromatic rings. The highest BCUT2D eigenvalue weighted by atomic mass is 16.6. The summed E-state index contributed by atoms with van der Waals surface area (Å²) in [7, 11) is 0. The molecule has 1 saturated heterocycles. The van der Waals surface area contributed by atoms with Gasteiger partial charge in [0.2, 0.25) is 0 Å². The van der Waals surface area contributed by atoms with Gasteiger partial charge in [0.1, 0.15) is 5.78 Å². The molecule has 0 aliphatic carbocycles. The van der Waals surface area contributed by atoms with Crippen molar-refractivity contribution >= 4 is 22.6 Å². The summed E-state index contributed by atoms with van der Waals surface area (Å²) in [4.78, 5) is 25.7. The molecule has 4 heteroatoms. The molecule has 1 atom stereocenters. The van der Waals surface area contributed by atoms with Gasteiger partial charge >= 0.3 is 6.09 Å². The van der Waals surface area contributed by atoms with E-state index in [-0.39, 0.29) is 17.9 Å². The molecule has 0 saturated carbocycles. The molecule has 0 aromatic heterocycles. The van der Waals surface area contributed by atoms with Crippen molar-refractivity contribution in [2.45, 2.75) is 25.8 Å². The molecule has 1 heterocycles. The lowest BCUT2D eigenvalue weighted by molar-refractivity contribution is -0.122. The van der Waals surface area contributed by atoms with Crippen molar-refractivity contribution < 1.29 is 14.3 Å². The highest BCUT2D eigenvalue weighted by Crippen LogP contribution is 2.31. The van der Waals surface area contributed by atoms with Crippen LogP contribution in [-0.2, 0) is 9.53 Å². The summed E-state index contributed by atoms with van der Waals surface area (Å²) < 4.78 is 5.13. The molecule has 0 radical (unpaired) electrons. The zero-order valence-corrected chi connectivity index (χ0v) is 12.6. The molecule has 1 aliphatic heterocycles. The molecule has 1 aliphatic rings. The molecule has 22 heavy (non-hydrogen) atoms. The van der Waals surface area contributed by atoms with Gasteiger partial charge in [-0.15, -0.1) is 0 Å². The minimum atomic E-state index is -0.340. The van der Waals surface area contributed by atoms with Gasteiger partial charge in [-0.3, -0.25) is 4.79 Å². The third-order valence-corrected chi connectivity index (χ3v) is 4.09. The lowest BCUT2D eigenvalue weighted by atomic mass is 9.93. The lowest BCUT2D eigenvalue weighted by Gasteiger charge is -2.34. The van der Waals surface area contributed by atoms with Crippen LogP contribution in [0.4, 0.5) is 4.79 Å². The number of benzene rings is 2. The van der Waals surface area contributed by atoms with Crippen LogP contribution in [-0.4, -0.2) is 29.9 Å². The van der Waals surface area contributed by atoms with Crippen LogP contribution in [0, 0.1) is 0 Å². The number of fused-ring (bicyclic) bond motifs is 1. The summed E-state index contributed by atoms with van der Waals surface area (Å²) in [5, 5.41) is 2.26. The Labute approximate surface area is 129 Å². The number of Topliss-reactive ketones (excluding diaryl/α,β-unsaturated/α-hetero) is 1. The topological polar surface area (TPSA) is 46.6 Å². The first kappa shape index (κ1) is 14.6. The van der Waals surface area contributed by atoms with Gasteiger partial charge in [0.05, 0.1) is 12.6 Å². The molecule has 114 valence electrons. The number of nitrogens with zero attached hydrogens (tertiary/aromatic N) is 1. The molecule has 0 spiro atoms. The van der Waals surface area contributed by atoms with Gasteiger partial charge in [0, 0.05) is 19.4 Å². The third-order valence-electron chi connectivity index (χ3n) is 4.09. The number of rotatable bonds is 2. The predicted octanol–water partition coefficient (Wildman–Crippen LogP) is 3.70. The number of carbonyl (C=O) groups excluding carboxylic acids is 2. The molecule has 3 rings (SSSR count). The van der Waals surface area contributed by atoms with Crippen molar-refractivity contribution in [3.8, 4) is 0 Å². The number of hydrogen-bond donors (Lipinski definition) is 0. The van der Waals surface area contributed by atoms with Crippen LogP contribution >= 0.6 is 0 Å². The second-order valence-corrected chi connectivity index (χ2v) is 5.51. The number of carbonyl (C=O) groups is 2. The van der Waals surface area contributed by atoms with Crippen LogP contribution in [0.15, 0.2) is 42.5 Å². The zero-order chi connectivity index (χ0) is 15.5. The molecule has 1 amide bonds. The predicted molar refractivity (Wildman–Crippen MR) is 84.7 cm³/mol. The van der Waals surface area contributed by atoms with Gasteiger partial charge in [-0.05, 0) is 29.3 Å². The summed E-state index contributed by atoms with van der Waals surface area (Å²) in [6.45, 7) is 2.56. The summed E-state index contributed by atoms with van der Waals surface area (Å²) >= 11 is 0. The van der Waals surface area contributed by atoms with Gasteiger partial charge in [-0.25, -0.2) is 4.79 Å². The smallest absolute Gasteiger partial charge is 0.410 e. The van der Waals surface area contributed by atoms with E-state index in [0.717, 1.165) is 16.3 Å². The zero-order valence-electron chi connectivity index (χ0n) is 12.6. The monoisotopic (exact) mass is 297 g/mol. The number of ether oxygens (including phenoxy) is 1. The van der Waals surface area contributed by atoms with E-state index < -0.39 is 0 Å². The highest BCUT2D eigenvalue weighted by Gasteiger charge is 2.32. The maximum absolute atomic E-state index is 12.1. The Hall–Kier alpha value is -2.36. The summed E-state index contributed by atoms with van der Waals surface area (Å²) in [5.74, 6) is 0.193. The fourth-order valence-corrected chi connectivity index (χ4v) is 2.97. The van der Waals surface area contributed by atoms with Crippen LogP contribution in [0.2, 0.25) is 0 Å². The fraction of sp³-hybridized carbons (Fsp3) is 0.333. The van der Waals surface area contributed by atoms with Crippen LogP contribution in [0.25, 0.3) is 10.8 Å². The second-order valence-electron chi connectivity index (χ2n) is 5.51. The van der Waals surface area contributed by atoms with E-state index in [2.05, 4.69) is 6.07 Å². The standard InChI is InChI=1S/C18H19NO3/c1-2-22-18(21)19-10-9-16(20)12-17(19)15-8-7-13-5-3-4-6-14(13)11-15/h3-8,11,17H,2,9-10,12H2,1H3. The second kappa shape index (κ2) is 6.18. The lowest BCUT2D eigenvalue weighted by Crippen LogP contribution is -2.41. The highest BCUT2D eigenvalue weighted by molar-refractivity contribution is 5.85. The van der Waals surface area contributed by atoms with Gasteiger partial charge in [-0.2, -0.15) is 0 Å². The molecule has 2 aromatic carbocycles. The Kier molecular flexibility index (Phi) is 4.09. The molecule has 1 fully saturated rings. The van der Waals surface area contributed by atoms with Crippen LogP contribution in [0.3, 0.4) is 0 Å². The Balaban J connectivity index is 1.96. The van der Waals surface area contributed by atoms with Gasteiger partial charge in [0.25, 0.3) is 0 Å². The summed E-state index contributed by atoms with van der Waals surface area (Å²) in [6.07, 6.45) is 0.424. The van der Waals surface area contributed by atoms with E-state index in [1.807, 2.05) is 36.4 Å². The Morgan fingerprint density at radius 3 is 2.77 bits per heavy atom. The number of piperidine rings is 1. The van der Waals surface area contributed by atoms with E-state index in [9.17, 15) is 9.59 Å². The van der Waals surface area contributed by atoms with E-state index >= 15 is 0 Å². The summed E-state index contributed by atoms with van der Waals surface area (Å²) in [6, 6.07) is 13.9. The molecule has 0 N–H and O–H groups in total. The Morgan fingerprint density at radius 2 is 2.00 bits per heavy atom. The number of ketones is 1. The van der Waals surface area contributed by atoms with Crippen molar-refractivity contribution in [3.05, 3.63) is 48.0 Å². The van der Waals surface area contributed by atoms with E-state index in [0.29, 0.717) is 26.0 Å². The maximum Gasteiger partial charge on any atom is 0.410 e. The first-order chi connectivity index (χ1) is 10.7. The minimum Gasteiger partial charge on any atom is -0.450 e. The molecule has 4 nitrogen and oxygen atoms in total. The largest absolute Gasteiger partial charge is 0.450 e. The maximum atomic E-state index is 12.1. The van der Waals surface area contributed by atoms with Crippen molar-refractivity contribution in [1.82, 2.24) is 4.90 Å². The normalized spacial score (nSPS) is 18.5. The van der Waals surface area contributed by atoms with Crippen molar-refractivity contribution in [3.63, 3.8) is 0 Å². The fourth-order valence-electron chi connectivity index (χ4n) is 2.97. The first-order valence-corrected chi connectivity index (χ1v) is 7.63. The Bertz CT molecular complexity index is 710. The molecule has 0 bridgehead atoms. The SMILES string of the molecule is CCOC(=O)N1CCC(=O)CC1c1ccc2ccccc2c1. The average molecular weight is 297 g/mol. The average Bonchev–Trinajstić information content (AvgIpc) is 2.54. The van der Waals surface area contributed by atoms with Crippen LogP contribution < -0.4 is 0 Å². The van der Waals surface area contributed by atoms with Gasteiger partial charge < -0.3 is 9.64 Å². The Morgan fingerprint density at radius 1 is 1.23 bits per heavy atom. The van der Waals surface area contributed by atoms with Crippen molar-refractivity contribution in [2.24, 2.45) is 0 Å². The minimum absolute atomic E-state index is 0.193. The van der Waals surface area contributed by atoms with E-state index in [4.69, 9.17) is 4.74 Å². The van der Waals surface area contributed by atoms with Gasteiger partial charge in [-0.1, -0.05) is 36.4 Å². The molecule has 1 unspecified atom stereocenters. The van der Waals surface area contributed by atoms with Crippen LogP contribution in [0.5, 0.6) is 0 Å². The first-order valence-electron chi connectivity index (χ1n) is 7.63. The van der Waals surface area contributed by atoms with Gasteiger partial charge in [0.15, 0.2) is 0 Å². The number of hydrogen-bond acceptors (Lipinski definition) is 3. The van der Waals surface area contributed by atoms with E-state index in [1.54, 1.807) is 11.8 Å². The van der Waals surface area contributed by atoms with E-state index in [1.165, 1.54) is 0 Å². The quantitative estimate of drug-likeness (QED) is 0.849. The van der Waals surface area contributed by atoms with Crippen molar-refractivity contribution in [2.75, 3.05) is 13.2 Å².